The van der Waals surface area contributed by atoms with Crippen molar-refractivity contribution >= 4 is 33.3 Å². The number of sulfonamides is 1. The molecule has 1 aliphatic heterocycles. The number of hydrogen-bond acceptors (Lipinski definition) is 5. The second-order valence-corrected chi connectivity index (χ2v) is 9.62. The van der Waals surface area contributed by atoms with Crippen LogP contribution in [0.25, 0.3) is 0 Å². The number of amides is 2. The first-order valence-corrected chi connectivity index (χ1v) is 12.0. The molecule has 1 aliphatic rings. The summed E-state index contributed by atoms with van der Waals surface area (Å²) in [5.41, 5.74) is 0.310. The van der Waals surface area contributed by atoms with Gasteiger partial charge < -0.3 is 20.5 Å². The lowest BCUT2D eigenvalue weighted by Gasteiger charge is -2.36. The maximum Gasteiger partial charge on any atom is 0.319 e. The van der Waals surface area contributed by atoms with Gasteiger partial charge in [0, 0.05) is 17.3 Å². The van der Waals surface area contributed by atoms with Crippen molar-refractivity contribution in [2.24, 2.45) is 0 Å². The van der Waals surface area contributed by atoms with Crippen LogP contribution in [0.4, 0.5) is 14.9 Å². The van der Waals surface area contributed by atoms with E-state index in [4.69, 9.17) is 16.3 Å². The second kappa shape index (κ2) is 11.1. The van der Waals surface area contributed by atoms with Crippen molar-refractivity contribution < 1.29 is 27.4 Å². The summed E-state index contributed by atoms with van der Waals surface area (Å²) in [4.78, 5) is 12.3. The fourth-order valence-corrected chi connectivity index (χ4v) is 4.83. The lowest BCUT2D eigenvalue weighted by molar-refractivity contribution is -0.0884. The van der Waals surface area contributed by atoms with Gasteiger partial charge in [-0.2, -0.15) is 0 Å². The number of hydrogen-bond donors (Lipinski definition) is 4. The van der Waals surface area contributed by atoms with Gasteiger partial charge >= 0.3 is 6.03 Å². The summed E-state index contributed by atoms with van der Waals surface area (Å²) in [5.74, 6) is -0.467. The van der Waals surface area contributed by atoms with Crippen LogP contribution in [0.3, 0.4) is 0 Å². The molecule has 1 heterocycles. The number of aliphatic hydroxyl groups is 1. The average molecular weight is 486 g/mol. The van der Waals surface area contributed by atoms with E-state index in [1.165, 1.54) is 30.3 Å². The average Bonchev–Trinajstić information content (AvgIpc) is 2.74. The van der Waals surface area contributed by atoms with Crippen LogP contribution in [-0.4, -0.2) is 51.0 Å². The number of halogens is 2. The third kappa shape index (κ3) is 6.88. The third-order valence-corrected chi connectivity index (χ3v) is 6.75. The van der Waals surface area contributed by atoms with Crippen molar-refractivity contribution in [3.8, 4) is 0 Å². The lowest BCUT2D eigenvalue weighted by atomic mass is 9.97. The first-order chi connectivity index (χ1) is 15.3. The summed E-state index contributed by atoms with van der Waals surface area (Å²) >= 11 is 5.85. The Bertz CT molecular complexity index is 1040. The molecule has 0 aliphatic carbocycles. The SMILES string of the molecule is O=C(Nc1cccc(F)c1)N[C@H]1CC[C@@H](CCNS(=O)(=O)c2cccc(Cl)c2)O[C@@H]1CO. The van der Waals surface area contributed by atoms with Gasteiger partial charge in [-0.15, -0.1) is 0 Å². The van der Waals surface area contributed by atoms with E-state index in [2.05, 4.69) is 15.4 Å². The molecule has 8 nitrogen and oxygen atoms in total. The number of benzene rings is 2. The van der Waals surface area contributed by atoms with Crippen LogP contribution in [0.5, 0.6) is 0 Å². The van der Waals surface area contributed by atoms with Gasteiger partial charge in [0.2, 0.25) is 10.0 Å². The molecule has 0 radical (unpaired) electrons. The summed E-state index contributed by atoms with van der Waals surface area (Å²) in [7, 11) is -3.69. The molecule has 0 spiro atoms. The van der Waals surface area contributed by atoms with Crippen LogP contribution in [0.1, 0.15) is 19.3 Å². The molecular weight excluding hydrogens is 461 g/mol. The normalized spacial score (nSPS) is 21.2. The first-order valence-electron chi connectivity index (χ1n) is 10.1. The van der Waals surface area contributed by atoms with Gasteiger partial charge in [0.25, 0.3) is 0 Å². The molecule has 2 aromatic carbocycles. The van der Waals surface area contributed by atoms with Crippen molar-refractivity contribution in [1.82, 2.24) is 10.0 Å². The molecule has 1 saturated heterocycles. The lowest BCUT2D eigenvalue weighted by Crippen LogP contribution is -2.52. The highest BCUT2D eigenvalue weighted by atomic mass is 35.5. The van der Waals surface area contributed by atoms with Gasteiger partial charge in [0.05, 0.1) is 23.6 Å². The Hall–Kier alpha value is -2.24. The summed E-state index contributed by atoms with van der Waals surface area (Å²) in [6.45, 7) is -0.161. The van der Waals surface area contributed by atoms with Crippen LogP contribution in [0, 0.1) is 5.82 Å². The Morgan fingerprint density at radius 3 is 2.69 bits per heavy atom. The zero-order valence-electron chi connectivity index (χ0n) is 17.1. The van der Waals surface area contributed by atoms with Crippen molar-refractivity contribution in [2.45, 2.75) is 42.4 Å². The number of ether oxygens (including phenoxy) is 1. The molecular formula is C21H25ClFN3O5S. The molecule has 32 heavy (non-hydrogen) atoms. The molecule has 0 bridgehead atoms. The van der Waals surface area contributed by atoms with Gasteiger partial charge in [-0.25, -0.2) is 22.3 Å². The number of rotatable bonds is 8. The molecule has 4 N–H and O–H groups in total. The summed E-state index contributed by atoms with van der Waals surface area (Å²) in [6, 6.07) is 10.5. The maximum absolute atomic E-state index is 13.3. The fraction of sp³-hybridized carbons (Fsp3) is 0.381. The Balaban J connectivity index is 1.47. The molecule has 0 saturated carbocycles. The second-order valence-electron chi connectivity index (χ2n) is 7.42. The third-order valence-electron chi connectivity index (χ3n) is 5.06. The zero-order chi connectivity index (χ0) is 23.1. The number of carbonyl (C=O) groups is 1. The molecule has 3 atom stereocenters. The monoisotopic (exact) mass is 485 g/mol. The maximum atomic E-state index is 13.3. The number of nitrogens with one attached hydrogen (secondary N) is 3. The number of anilines is 1. The highest BCUT2D eigenvalue weighted by molar-refractivity contribution is 7.89. The minimum absolute atomic E-state index is 0.0800. The van der Waals surface area contributed by atoms with E-state index in [0.29, 0.717) is 30.0 Å². The highest BCUT2D eigenvalue weighted by Gasteiger charge is 2.32. The molecule has 3 rings (SSSR count). The van der Waals surface area contributed by atoms with E-state index in [0.717, 1.165) is 0 Å². The Morgan fingerprint density at radius 2 is 1.97 bits per heavy atom. The number of carbonyl (C=O) groups excluding carboxylic acids is 1. The van der Waals surface area contributed by atoms with Gasteiger partial charge in [-0.1, -0.05) is 23.7 Å². The minimum atomic E-state index is -3.69. The molecule has 1 fully saturated rings. The Kier molecular flexibility index (Phi) is 8.44. The minimum Gasteiger partial charge on any atom is -0.394 e. The molecule has 0 unspecified atom stereocenters. The van der Waals surface area contributed by atoms with E-state index < -0.39 is 34.0 Å². The van der Waals surface area contributed by atoms with Crippen molar-refractivity contribution in [2.75, 3.05) is 18.5 Å². The van der Waals surface area contributed by atoms with Gasteiger partial charge in [0.1, 0.15) is 11.9 Å². The smallest absolute Gasteiger partial charge is 0.319 e. The number of urea groups is 1. The topological polar surface area (TPSA) is 117 Å². The van der Waals surface area contributed by atoms with Gasteiger partial charge in [-0.05, 0) is 55.7 Å². The quantitative estimate of drug-likeness (QED) is 0.458. The van der Waals surface area contributed by atoms with E-state index in [1.54, 1.807) is 18.2 Å². The summed E-state index contributed by atoms with van der Waals surface area (Å²) in [5, 5.41) is 15.3. The van der Waals surface area contributed by atoms with E-state index in [9.17, 15) is 22.7 Å². The van der Waals surface area contributed by atoms with Crippen molar-refractivity contribution in [3.63, 3.8) is 0 Å². The Labute approximate surface area is 191 Å². The van der Waals surface area contributed by atoms with Crippen LogP contribution in [0.15, 0.2) is 53.4 Å². The van der Waals surface area contributed by atoms with Gasteiger partial charge in [-0.3, -0.25) is 0 Å². The largest absolute Gasteiger partial charge is 0.394 e. The van der Waals surface area contributed by atoms with Crippen LogP contribution in [0.2, 0.25) is 5.02 Å². The molecule has 2 amide bonds. The summed E-state index contributed by atoms with van der Waals surface area (Å²) < 4.78 is 46.3. The predicted molar refractivity (Wildman–Crippen MR) is 119 cm³/mol. The molecule has 0 aromatic heterocycles. The van der Waals surface area contributed by atoms with Crippen LogP contribution < -0.4 is 15.4 Å². The molecule has 11 heteroatoms. The fourth-order valence-electron chi connectivity index (χ4n) is 3.48. The molecule has 174 valence electrons. The van der Waals surface area contributed by atoms with Crippen LogP contribution >= 0.6 is 11.6 Å². The summed E-state index contributed by atoms with van der Waals surface area (Å²) in [6.07, 6.45) is 0.585. The van der Waals surface area contributed by atoms with E-state index in [1.807, 2.05) is 0 Å². The predicted octanol–water partition coefficient (Wildman–Crippen LogP) is 2.88. The molecule has 2 aromatic rings. The standard InChI is InChI=1S/C21H25ClFN3O5S/c22-14-3-1-6-18(11-14)32(29,30)24-10-9-17-7-8-19(20(13-27)31-17)26-21(28)25-16-5-2-4-15(23)12-16/h1-6,11-12,17,19-20,24,27H,7-10,13H2,(H2,25,26,28)/t17-,19-,20+/m0/s1. The van der Waals surface area contributed by atoms with Crippen molar-refractivity contribution in [3.05, 3.63) is 59.4 Å². The van der Waals surface area contributed by atoms with Crippen molar-refractivity contribution in [1.29, 1.82) is 0 Å². The van der Waals surface area contributed by atoms with Gasteiger partial charge in [0.15, 0.2) is 0 Å². The highest BCUT2D eigenvalue weighted by Crippen LogP contribution is 2.22. The number of aliphatic hydroxyl groups excluding tert-OH is 1. The Morgan fingerprint density at radius 1 is 1.19 bits per heavy atom. The first kappa shape index (κ1) is 24.4. The van der Waals surface area contributed by atoms with Crippen LogP contribution in [-0.2, 0) is 14.8 Å². The zero-order valence-corrected chi connectivity index (χ0v) is 18.7. The van der Waals surface area contributed by atoms with E-state index >= 15 is 0 Å². The van der Waals surface area contributed by atoms with E-state index in [-0.39, 0.29) is 24.2 Å².